The Balaban J connectivity index is 1.70. The highest BCUT2D eigenvalue weighted by molar-refractivity contribution is 5.78. The van der Waals surface area contributed by atoms with E-state index in [2.05, 4.69) is 10.4 Å². The van der Waals surface area contributed by atoms with Gasteiger partial charge < -0.3 is 15.2 Å². The fourth-order valence-corrected chi connectivity index (χ4v) is 1.87. The molecule has 0 bridgehead atoms. The van der Waals surface area contributed by atoms with Crippen molar-refractivity contribution in [3.63, 3.8) is 0 Å². The van der Waals surface area contributed by atoms with Crippen LogP contribution in [0, 0.1) is 6.92 Å². The predicted molar refractivity (Wildman–Crippen MR) is 82.2 cm³/mol. The molecule has 0 saturated heterocycles. The first-order chi connectivity index (χ1) is 11.0. The average molecular weight is 317 g/mol. The van der Waals surface area contributed by atoms with Gasteiger partial charge in [0.25, 0.3) is 0 Å². The average Bonchev–Trinajstić information content (AvgIpc) is 2.96. The van der Waals surface area contributed by atoms with Crippen molar-refractivity contribution in [2.24, 2.45) is 0 Å². The SMILES string of the molecule is Cc1ccn(CC(=O)NCC(O)C(=O)OCc2ccccc2)n1. The lowest BCUT2D eigenvalue weighted by Crippen LogP contribution is -2.39. The van der Waals surface area contributed by atoms with Crippen molar-refractivity contribution < 1.29 is 19.4 Å². The Hall–Kier alpha value is -2.67. The van der Waals surface area contributed by atoms with Gasteiger partial charge in [0.15, 0.2) is 6.10 Å². The summed E-state index contributed by atoms with van der Waals surface area (Å²) in [6.07, 6.45) is 0.279. The number of nitrogens with zero attached hydrogens (tertiary/aromatic N) is 2. The maximum absolute atomic E-state index is 11.7. The summed E-state index contributed by atoms with van der Waals surface area (Å²) in [6, 6.07) is 10.9. The van der Waals surface area contributed by atoms with Gasteiger partial charge >= 0.3 is 5.97 Å². The van der Waals surface area contributed by atoms with E-state index in [0.29, 0.717) is 0 Å². The lowest BCUT2D eigenvalue weighted by Gasteiger charge is -2.12. The molecule has 1 amide bonds. The van der Waals surface area contributed by atoms with Crippen LogP contribution in [-0.2, 0) is 27.5 Å². The molecule has 1 aromatic carbocycles. The molecule has 2 aromatic rings. The first kappa shape index (κ1) is 16.7. The molecule has 0 spiro atoms. The molecule has 2 rings (SSSR count). The summed E-state index contributed by atoms with van der Waals surface area (Å²) in [7, 11) is 0. The molecule has 122 valence electrons. The second-order valence-electron chi connectivity index (χ2n) is 5.07. The molecular formula is C16H19N3O4. The first-order valence-electron chi connectivity index (χ1n) is 7.20. The van der Waals surface area contributed by atoms with Crippen LogP contribution in [0.1, 0.15) is 11.3 Å². The van der Waals surface area contributed by atoms with Crippen molar-refractivity contribution in [2.45, 2.75) is 26.2 Å². The lowest BCUT2D eigenvalue weighted by molar-refractivity contribution is -0.154. The number of carbonyl (C=O) groups is 2. The van der Waals surface area contributed by atoms with Crippen molar-refractivity contribution in [3.8, 4) is 0 Å². The molecular weight excluding hydrogens is 298 g/mol. The van der Waals surface area contributed by atoms with Crippen molar-refractivity contribution in [2.75, 3.05) is 6.54 Å². The smallest absolute Gasteiger partial charge is 0.337 e. The van der Waals surface area contributed by atoms with Crippen LogP contribution in [0.4, 0.5) is 0 Å². The summed E-state index contributed by atoms with van der Waals surface area (Å²) in [5, 5.41) is 16.2. The van der Waals surface area contributed by atoms with Gasteiger partial charge in [0.2, 0.25) is 5.91 Å². The molecule has 0 radical (unpaired) electrons. The Morgan fingerprint density at radius 2 is 2.04 bits per heavy atom. The van der Waals surface area contributed by atoms with E-state index in [9.17, 15) is 14.7 Å². The number of amides is 1. The summed E-state index contributed by atoms with van der Waals surface area (Å²) < 4.78 is 6.46. The number of nitrogens with one attached hydrogen (secondary N) is 1. The van der Waals surface area contributed by atoms with Gasteiger partial charge in [-0.2, -0.15) is 5.10 Å². The number of hydrogen-bond acceptors (Lipinski definition) is 5. The number of hydrogen-bond donors (Lipinski definition) is 2. The summed E-state index contributed by atoms with van der Waals surface area (Å²) in [5.74, 6) is -1.12. The van der Waals surface area contributed by atoms with Crippen molar-refractivity contribution in [3.05, 3.63) is 53.9 Å². The van der Waals surface area contributed by atoms with E-state index < -0.39 is 12.1 Å². The minimum Gasteiger partial charge on any atom is -0.459 e. The molecule has 1 atom stereocenters. The van der Waals surface area contributed by atoms with Crippen LogP contribution in [-0.4, -0.2) is 39.4 Å². The standard InChI is InChI=1S/C16H19N3O4/c1-12-7-8-19(18-12)10-15(21)17-9-14(20)16(22)23-11-13-5-3-2-4-6-13/h2-8,14,20H,9-11H2,1H3,(H,17,21). The van der Waals surface area contributed by atoms with E-state index in [0.717, 1.165) is 11.3 Å². The number of ether oxygens (including phenoxy) is 1. The third-order valence-corrected chi connectivity index (χ3v) is 3.07. The zero-order valence-electron chi connectivity index (χ0n) is 12.8. The van der Waals surface area contributed by atoms with Crippen LogP contribution in [0.3, 0.4) is 0 Å². The highest BCUT2D eigenvalue weighted by Crippen LogP contribution is 2.01. The van der Waals surface area contributed by atoms with Crippen LogP contribution in [0.5, 0.6) is 0 Å². The highest BCUT2D eigenvalue weighted by Gasteiger charge is 2.17. The van der Waals surface area contributed by atoms with Crippen LogP contribution < -0.4 is 5.32 Å². The van der Waals surface area contributed by atoms with Crippen LogP contribution in [0.15, 0.2) is 42.6 Å². The number of aliphatic hydroxyl groups excluding tert-OH is 1. The molecule has 7 nitrogen and oxygen atoms in total. The molecule has 0 fully saturated rings. The van der Waals surface area contributed by atoms with Gasteiger partial charge in [-0.25, -0.2) is 4.79 Å². The third kappa shape index (κ3) is 5.55. The van der Waals surface area contributed by atoms with Crippen LogP contribution >= 0.6 is 0 Å². The van der Waals surface area contributed by atoms with Gasteiger partial charge in [-0.05, 0) is 18.6 Å². The summed E-state index contributed by atoms with van der Waals surface area (Å²) in [5.41, 5.74) is 1.63. The molecule has 0 aliphatic rings. The fraction of sp³-hybridized carbons (Fsp3) is 0.312. The first-order valence-corrected chi connectivity index (χ1v) is 7.20. The summed E-state index contributed by atoms with van der Waals surface area (Å²) >= 11 is 0. The van der Waals surface area contributed by atoms with Gasteiger partial charge in [-0.3, -0.25) is 9.48 Å². The summed E-state index contributed by atoms with van der Waals surface area (Å²) in [6.45, 7) is 1.73. The lowest BCUT2D eigenvalue weighted by atomic mass is 10.2. The minimum absolute atomic E-state index is 0.0274. The zero-order chi connectivity index (χ0) is 16.7. The van der Waals surface area contributed by atoms with Gasteiger partial charge in [0, 0.05) is 6.20 Å². The zero-order valence-corrected chi connectivity index (χ0v) is 12.8. The van der Waals surface area contributed by atoms with Crippen molar-refractivity contribution >= 4 is 11.9 Å². The van der Waals surface area contributed by atoms with Gasteiger partial charge in [-0.15, -0.1) is 0 Å². The van der Waals surface area contributed by atoms with Gasteiger partial charge in [0.1, 0.15) is 13.2 Å². The Labute approximate surface area is 133 Å². The number of aromatic nitrogens is 2. The fourth-order valence-electron chi connectivity index (χ4n) is 1.87. The summed E-state index contributed by atoms with van der Waals surface area (Å²) in [4.78, 5) is 23.3. The van der Waals surface area contributed by atoms with E-state index >= 15 is 0 Å². The number of carbonyl (C=O) groups excluding carboxylic acids is 2. The normalized spacial score (nSPS) is 11.7. The quantitative estimate of drug-likeness (QED) is 0.722. The highest BCUT2D eigenvalue weighted by atomic mass is 16.5. The number of aliphatic hydroxyl groups is 1. The molecule has 0 aliphatic carbocycles. The Morgan fingerprint density at radius 1 is 1.30 bits per heavy atom. The second-order valence-corrected chi connectivity index (χ2v) is 5.07. The van der Waals surface area contributed by atoms with E-state index in [-0.39, 0.29) is 25.6 Å². The maximum Gasteiger partial charge on any atom is 0.337 e. The monoisotopic (exact) mass is 317 g/mol. The van der Waals surface area contributed by atoms with Crippen LogP contribution in [0.25, 0.3) is 0 Å². The third-order valence-electron chi connectivity index (χ3n) is 3.07. The molecule has 23 heavy (non-hydrogen) atoms. The van der Waals surface area contributed by atoms with E-state index in [1.165, 1.54) is 4.68 Å². The van der Waals surface area contributed by atoms with Crippen molar-refractivity contribution in [1.82, 2.24) is 15.1 Å². The number of rotatable bonds is 7. The molecule has 1 aromatic heterocycles. The van der Waals surface area contributed by atoms with E-state index in [1.807, 2.05) is 37.3 Å². The molecule has 1 heterocycles. The van der Waals surface area contributed by atoms with Gasteiger partial charge in [-0.1, -0.05) is 30.3 Å². The molecule has 0 aliphatic heterocycles. The number of aryl methyl sites for hydroxylation is 1. The Kier molecular flexibility index (Phi) is 5.87. The molecule has 0 saturated carbocycles. The number of benzene rings is 1. The maximum atomic E-state index is 11.7. The molecule has 7 heteroatoms. The molecule has 2 N–H and O–H groups in total. The largest absolute Gasteiger partial charge is 0.459 e. The molecule has 1 unspecified atom stereocenters. The topological polar surface area (TPSA) is 93.5 Å². The van der Waals surface area contributed by atoms with E-state index in [1.54, 1.807) is 12.3 Å². The Morgan fingerprint density at radius 3 is 2.70 bits per heavy atom. The predicted octanol–water partition coefficient (Wildman–Crippen LogP) is 0.412. The van der Waals surface area contributed by atoms with Crippen LogP contribution in [0.2, 0.25) is 0 Å². The van der Waals surface area contributed by atoms with Crippen molar-refractivity contribution in [1.29, 1.82) is 0 Å². The van der Waals surface area contributed by atoms with E-state index in [4.69, 9.17) is 4.74 Å². The minimum atomic E-state index is -1.40. The number of esters is 1. The second kappa shape index (κ2) is 8.09. The van der Waals surface area contributed by atoms with Gasteiger partial charge in [0.05, 0.1) is 12.2 Å². The Bertz CT molecular complexity index is 654.